The molecule has 1 atom stereocenters. The smallest absolute Gasteiger partial charge is 0.394 e. The quantitative estimate of drug-likeness (QED) is 0.813. The fraction of sp³-hybridized carbons (Fsp3) is 0.667. The second kappa shape index (κ2) is 4.06. The number of rotatable bonds is 3. The lowest BCUT2D eigenvalue weighted by atomic mass is 9.98. The Morgan fingerprint density at radius 3 is 2.44 bits per heavy atom. The Labute approximate surface area is 90.9 Å². The lowest BCUT2D eigenvalue weighted by Crippen LogP contribution is -2.42. The number of hydrogen-bond donors (Lipinski definition) is 2. The van der Waals surface area contributed by atoms with E-state index in [1.165, 1.54) is 7.05 Å². The summed E-state index contributed by atoms with van der Waals surface area (Å²) in [6, 6.07) is 0.945. The molecule has 0 bridgehead atoms. The van der Waals surface area contributed by atoms with Crippen LogP contribution in [-0.2, 0) is 19.6 Å². The van der Waals surface area contributed by atoms with Gasteiger partial charge in [-0.1, -0.05) is 0 Å². The van der Waals surface area contributed by atoms with E-state index in [2.05, 4.69) is 5.10 Å². The van der Waals surface area contributed by atoms with Crippen molar-refractivity contribution in [2.45, 2.75) is 25.1 Å². The highest BCUT2D eigenvalue weighted by molar-refractivity contribution is 5.15. The minimum Gasteiger partial charge on any atom is -0.394 e. The summed E-state index contributed by atoms with van der Waals surface area (Å²) in [6.07, 6.45) is -4.33. The Kier molecular flexibility index (Phi) is 3.30. The van der Waals surface area contributed by atoms with Crippen molar-refractivity contribution in [2.24, 2.45) is 12.8 Å². The Bertz CT molecular complexity index is 371. The molecule has 7 heteroatoms. The van der Waals surface area contributed by atoms with Gasteiger partial charge in [0.05, 0.1) is 6.61 Å². The number of alkyl halides is 3. The van der Waals surface area contributed by atoms with E-state index in [4.69, 9.17) is 10.8 Å². The van der Waals surface area contributed by atoms with E-state index in [0.717, 1.165) is 10.7 Å². The van der Waals surface area contributed by atoms with Gasteiger partial charge in [-0.25, -0.2) is 0 Å². The summed E-state index contributed by atoms with van der Waals surface area (Å²) >= 11 is 0. The van der Waals surface area contributed by atoms with E-state index in [-0.39, 0.29) is 13.0 Å². The summed E-state index contributed by atoms with van der Waals surface area (Å²) < 4.78 is 38.1. The van der Waals surface area contributed by atoms with Crippen LogP contribution in [-0.4, -0.2) is 27.0 Å². The number of halogens is 3. The van der Waals surface area contributed by atoms with Gasteiger partial charge < -0.3 is 10.8 Å². The first-order valence-electron chi connectivity index (χ1n) is 4.65. The van der Waals surface area contributed by atoms with Gasteiger partial charge in [-0.2, -0.15) is 18.3 Å². The maximum absolute atomic E-state index is 12.3. The molecule has 92 valence electrons. The standard InChI is InChI=1S/C9H14F3N3O/c1-8(13,5-16)4-6-3-7(9(10,11)12)14-15(6)2/h3,16H,4-5,13H2,1-2H3. The van der Waals surface area contributed by atoms with Crippen molar-refractivity contribution in [3.05, 3.63) is 17.5 Å². The average molecular weight is 237 g/mol. The minimum absolute atomic E-state index is 0.128. The Morgan fingerprint density at radius 2 is 2.06 bits per heavy atom. The monoisotopic (exact) mass is 237 g/mol. The molecular formula is C9H14F3N3O. The van der Waals surface area contributed by atoms with Crippen molar-refractivity contribution in [2.75, 3.05) is 6.61 Å². The number of aliphatic hydroxyl groups excluding tert-OH is 1. The van der Waals surface area contributed by atoms with Gasteiger partial charge in [0, 0.05) is 24.7 Å². The maximum Gasteiger partial charge on any atom is 0.435 e. The summed E-state index contributed by atoms with van der Waals surface area (Å²) in [5.41, 5.74) is 4.11. The molecule has 1 heterocycles. The van der Waals surface area contributed by atoms with Crippen molar-refractivity contribution in [1.82, 2.24) is 9.78 Å². The molecule has 0 amide bonds. The molecule has 0 aliphatic carbocycles. The highest BCUT2D eigenvalue weighted by Crippen LogP contribution is 2.28. The lowest BCUT2D eigenvalue weighted by molar-refractivity contribution is -0.141. The predicted octanol–water partition coefficient (Wildman–Crippen LogP) is 0.691. The second-order valence-corrected chi connectivity index (χ2v) is 4.13. The molecule has 0 aliphatic rings. The molecule has 1 aromatic heterocycles. The molecule has 0 saturated heterocycles. The van der Waals surface area contributed by atoms with Gasteiger partial charge in [0.25, 0.3) is 0 Å². The molecule has 0 aliphatic heterocycles. The third kappa shape index (κ3) is 2.96. The van der Waals surface area contributed by atoms with Crippen LogP contribution in [0.3, 0.4) is 0 Å². The number of aromatic nitrogens is 2. The van der Waals surface area contributed by atoms with Gasteiger partial charge in [0.2, 0.25) is 0 Å². The number of aryl methyl sites for hydroxylation is 1. The van der Waals surface area contributed by atoms with Crippen LogP contribution in [0.15, 0.2) is 6.07 Å². The average Bonchev–Trinajstić information content (AvgIpc) is 2.47. The largest absolute Gasteiger partial charge is 0.435 e. The van der Waals surface area contributed by atoms with Gasteiger partial charge in [-0.3, -0.25) is 4.68 Å². The molecule has 1 rings (SSSR count). The summed E-state index contributed by atoms with van der Waals surface area (Å²) in [6.45, 7) is 1.26. The molecule has 0 aromatic carbocycles. The van der Waals surface area contributed by atoms with Crippen molar-refractivity contribution in [3.8, 4) is 0 Å². The molecule has 3 N–H and O–H groups in total. The summed E-state index contributed by atoms with van der Waals surface area (Å²) in [5, 5.41) is 12.3. The fourth-order valence-corrected chi connectivity index (χ4v) is 1.28. The fourth-order valence-electron chi connectivity index (χ4n) is 1.28. The first kappa shape index (κ1) is 13.0. The van der Waals surface area contributed by atoms with Crippen molar-refractivity contribution >= 4 is 0 Å². The number of nitrogens with zero attached hydrogens (tertiary/aromatic N) is 2. The molecule has 16 heavy (non-hydrogen) atoms. The molecular weight excluding hydrogens is 223 g/mol. The van der Waals surface area contributed by atoms with Crippen LogP contribution < -0.4 is 5.73 Å². The van der Waals surface area contributed by atoms with Gasteiger partial charge >= 0.3 is 6.18 Å². The SMILES string of the molecule is Cn1nc(C(F)(F)F)cc1CC(C)(N)CO. The highest BCUT2D eigenvalue weighted by atomic mass is 19.4. The third-order valence-corrected chi connectivity index (χ3v) is 2.21. The lowest BCUT2D eigenvalue weighted by Gasteiger charge is -2.21. The van der Waals surface area contributed by atoms with Crippen molar-refractivity contribution in [1.29, 1.82) is 0 Å². The Balaban J connectivity index is 2.95. The van der Waals surface area contributed by atoms with Crippen LogP contribution in [0.5, 0.6) is 0 Å². The van der Waals surface area contributed by atoms with Crippen LogP contribution in [0, 0.1) is 0 Å². The van der Waals surface area contributed by atoms with Crippen LogP contribution >= 0.6 is 0 Å². The second-order valence-electron chi connectivity index (χ2n) is 4.13. The van der Waals surface area contributed by atoms with Gasteiger partial charge in [-0.15, -0.1) is 0 Å². The van der Waals surface area contributed by atoms with Crippen LogP contribution in [0.4, 0.5) is 13.2 Å². The predicted molar refractivity (Wildman–Crippen MR) is 51.6 cm³/mol. The first-order valence-corrected chi connectivity index (χ1v) is 4.65. The van der Waals surface area contributed by atoms with E-state index in [1.807, 2.05) is 0 Å². The highest BCUT2D eigenvalue weighted by Gasteiger charge is 2.35. The minimum atomic E-state index is -4.46. The topological polar surface area (TPSA) is 64.1 Å². The van der Waals surface area contributed by atoms with Crippen LogP contribution in [0.2, 0.25) is 0 Å². The van der Waals surface area contributed by atoms with E-state index in [0.29, 0.717) is 5.69 Å². The van der Waals surface area contributed by atoms with Crippen LogP contribution in [0.1, 0.15) is 18.3 Å². The molecule has 1 aromatic rings. The zero-order valence-electron chi connectivity index (χ0n) is 9.04. The molecule has 1 unspecified atom stereocenters. The van der Waals surface area contributed by atoms with E-state index in [1.54, 1.807) is 6.92 Å². The zero-order chi connectivity index (χ0) is 12.6. The molecule has 0 saturated carbocycles. The van der Waals surface area contributed by atoms with Gasteiger partial charge in [-0.05, 0) is 13.0 Å². The van der Waals surface area contributed by atoms with E-state index in [9.17, 15) is 13.2 Å². The van der Waals surface area contributed by atoms with Gasteiger partial charge in [0.1, 0.15) is 0 Å². The summed E-state index contributed by atoms with van der Waals surface area (Å²) in [4.78, 5) is 0. The number of aliphatic hydroxyl groups is 1. The summed E-state index contributed by atoms with van der Waals surface area (Å²) in [5.74, 6) is 0. The third-order valence-electron chi connectivity index (χ3n) is 2.21. The van der Waals surface area contributed by atoms with Gasteiger partial charge in [0.15, 0.2) is 5.69 Å². The Morgan fingerprint density at radius 1 is 1.50 bits per heavy atom. The van der Waals surface area contributed by atoms with Crippen molar-refractivity contribution in [3.63, 3.8) is 0 Å². The molecule has 0 radical (unpaired) electrons. The normalized spacial score (nSPS) is 16.2. The Hall–Kier alpha value is -1.08. The van der Waals surface area contributed by atoms with Crippen LogP contribution in [0.25, 0.3) is 0 Å². The zero-order valence-corrected chi connectivity index (χ0v) is 9.04. The molecule has 0 spiro atoms. The number of nitrogens with two attached hydrogens (primary N) is 1. The summed E-state index contributed by atoms with van der Waals surface area (Å²) in [7, 11) is 1.41. The van der Waals surface area contributed by atoms with E-state index >= 15 is 0 Å². The molecule has 0 fully saturated rings. The van der Waals surface area contributed by atoms with Crippen molar-refractivity contribution < 1.29 is 18.3 Å². The van der Waals surface area contributed by atoms with E-state index < -0.39 is 17.4 Å². The maximum atomic E-state index is 12.3. The first-order chi connectivity index (χ1) is 7.15. The number of hydrogen-bond acceptors (Lipinski definition) is 3. The molecule has 4 nitrogen and oxygen atoms in total.